The Morgan fingerprint density at radius 3 is 2.59 bits per heavy atom. The fourth-order valence-electron chi connectivity index (χ4n) is 2.57. The molecule has 1 N–H and O–H groups in total. The number of ether oxygens (including phenoxy) is 2. The van der Waals surface area contributed by atoms with E-state index < -0.39 is 5.91 Å². The monoisotopic (exact) mass is 452 g/mol. The van der Waals surface area contributed by atoms with E-state index in [-0.39, 0.29) is 18.2 Å². The second kappa shape index (κ2) is 10.9. The summed E-state index contributed by atoms with van der Waals surface area (Å²) in [6.45, 7) is 4.24. The number of hydrogen-bond donors (Lipinski definition) is 1. The minimum absolute atomic E-state index is 0.0202. The Labute approximate surface area is 179 Å². The van der Waals surface area contributed by atoms with Gasteiger partial charge in [0.25, 0.3) is 5.91 Å². The summed E-state index contributed by atoms with van der Waals surface area (Å²) < 4.78 is 11.7. The molecule has 2 rings (SSSR count). The molecule has 0 aromatic heterocycles. The Hall–Kier alpha value is -3.22. The van der Waals surface area contributed by atoms with Crippen molar-refractivity contribution in [2.24, 2.45) is 0 Å². The van der Waals surface area contributed by atoms with Gasteiger partial charge < -0.3 is 14.8 Å². The van der Waals surface area contributed by atoms with Crippen molar-refractivity contribution in [1.82, 2.24) is 5.32 Å². The van der Waals surface area contributed by atoms with Crippen molar-refractivity contribution in [2.45, 2.75) is 19.9 Å². The van der Waals surface area contributed by atoms with E-state index in [2.05, 4.69) is 27.2 Å². The zero-order valence-electron chi connectivity index (χ0n) is 16.2. The normalized spacial score (nSPS) is 11.7. The van der Waals surface area contributed by atoms with Crippen molar-refractivity contribution in [3.05, 3.63) is 63.6 Å². The average molecular weight is 453 g/mol. The van der Waals surface area contributed by atoms with Gasteiger partial charge in [-0.15, -0.1) is 6.42 Å². The lowest BCUT2D eigenvalue weighted by Gasteiger charge is -2.14. The molecule has 0 unspecified atom stereocenters. The second-order valence-electron chi connectivity index (χ2n) is 6.02. The van der Waals surface area contributed by atoms with E-state index in [9.17, 15) is 10.1 Å². The molecule has 0 aliphatic heterocycles. The third-order valence-electron chi connectivity index (χ3n) is 3.99. The Bertz CT molecular complexity index is 972. The molecule has 0 heterocycles. The van der Waals surface area contributed by atoms with Crippen LogP contribution in [0.2, 0.25) is 0 Å². The summed E-state index contributed by atoms with van der Waals surface area (Å²) in [6.07, 6.45) is 6.75. The van der Waals surface area contributed by atoms with Crippen molar-refractivity contribution in [3.8, 4) is 29.9 Å². The first-order valence-corrected chi connectivity index (χ1v) is 9.79. The van der Waals surface area contributed by atoms with Gasteiger partial charge in [-0.2, -0.15) is 5.26 Å². The summed E-state index contributed by atoms with van der Waals surface area (Å²) in [5, 5.41) is 12.3. The van der Waals surface area contributed by atoms with E-state index in [1.54, 1.807) is 12.1 Å². The first-order chi connectivity index (χ1) is 14.0. The van der Waals surface area contributed by atoms with Crippen LogP contribution in [0.1, 0.15) is 31.0 Å². The first-order valence-electron chi connectivity index (χ1n) is 9.00. The van der Waals surface area contributed by atoms with Crippen LogP contribution in [0, 0.1) is 23.7 Å². The molecule has 0 aliphatic rings. The number of carbonyl (C=O) groups excluding carboxylic acids is 1. The largest absolute Gasteiger partial charge is 0.490 e. The van der Waals surface area contributed by atoms with Crippen molar-refractivity contribution in [1.29, 1.82) is 5.26 Å². The van der Waals surface area contributed by atoms with Crippen molar-refractivity contribution in [3.63, 3.8) is 0 Å². The standard InChI is InChI=1S/C23H21BrN2O3/c1-4-11-29-22-14-20(24)18(13-21(22)28-5-2)12-19(15-25)23(27)26-16(3)17-9-7-6-8-10-17/h1,6-10,12-14,16H,5,11H2,2-3H3,(H,26,27)/b19-12-/t16-/m1/s1. The Balaban J connectivity index is 2.29. The highest BCUT2D eigenvalue weighted by Crippen LogP contribution is 2.35. The lowest BCUT2D eigenvalue weighted by molar-refractivity contribution is -0.117. The zero-order valence-corrected chi connectivity index (χ0v) is 17.8. The number of terminal acetylenes is 1. The number of amides is 1. The van der Waals surface area contributed by atoms with Gasteiger partial charge in [0.15, 0.2) is 11.5 Å². The number of rotatable bonds is 8. The molecule has 1 amide bonds. The quantitative estimate of drug-likeness (QED) is 0.359. The molecule has 0 spiro atoms. The molecule has 5 nitrogen and oxygen atoms in total. The highest BCUT2D eigenvalue weighted by Gasteiger charge is 2.16. The number of nitriles is 1. The van der Waals surface area contributed by atoms with Crippen LogP contribution in [-0.4, -0.2) is 19.1 Å². The summed E-state index contributed by atoms with van der Waals surface area (Å²) in [5.74, 6) is 2.91. The van der Waals surface area contributed by atoms with E-state index in [0.29, 0.717) is 28.1 Å². The summed E-state index contributed by atoms with van der Waals surface area (Å²) in [5.41, 5.74) is 1.54. The smallest absolute Gasteiger partial charge is 0.262 e. The zero-order chi connectivity index (χ0) is 21.2. The molecular formula is C23H21BrN2O3. The number of carbonyl (C=O) groups is 1. The van der Waals surface area contributed by atoms with Gasteiger partial charge in [0.1, 0.15) is 18.2 Å². The molecule has 0 radical (unpaired) electrons. The van der Waals surface area contributed by atoms with E-state index in [1.807, 2.05) is 50.2 Å². The fourth-order valence-corrected chi connectivity index (χ4v) is 3.00. The van der Waals surface area contributed by atoms with Crippen LogP contribution in [0.4, 0.5) is 0 Å². The molecule has 0 saturated heterocycles. The highest BCUT2D eigenvalue weighted by atomic mass is 79.9. The third-order valence-corrected chi connectivity index (χ3v) is 4.67. The second-order valence-corrected chi connectivity index (χ2v) is 6.88. The van der Waals surface area contributed by atoms with Crippen LogP contribution in [0.25, 0.3) is 6.08 Å². The van der Waals surface area contributed by atoms with E-state index in [4.69, 9.17) is 15.9 Å². The summed E-state index contributed by atoms with van der Waals surface area (Å²) >= 11 is 3.45. The molecule has 0 bridgehead atoms. The average Bonchev–Trinajstić information content (AvgIpc) is 2.73. The molecule has 29 heavy (non-hydrogen) atoms. The first kappa shape index (κ1) is 22.1. The van der Waals surface area contributed by atoms with Crippen molar-refractivity contribution < 1.29 is 14.3 Å². The molecule has 6 heteroatoms. The lowest BCUT2D eigenvalue weighted by Crippen LogP contribution is -2.27. The van der Waals surface area contributed by atoms with Crippen molar-refractivity contribution >= 4 is 27.9 Å². The van der Waals surface area contributed by atoms with Gasteiger partial charge in [-0.05, 0) is 43.2 Å². The maximum atomic E-state index is 12.6. The molecule has 0 aliphatic carbocycles. The summed E-state index contributed by atoms with van der Waals surface area (Å²) in [6, 6.07) is 14.7. The summed E-state index contributed by atoms with van der Waals surface area (Å²) in [4.78, 5) is 12.6. The van der Waals surface area contributed by atoms with Crippen LogP contribution in [0.15, 0.2) is 52.5 Å². The molecule has 2 aromatic rings. The molecule has 0 fully saturated rings. The number of nitrogens with one attached hydrogen (secondary N) is 1. The molecular weight excluding hydrogens is 432 g/mol. The summed E-state index contributed by atoms with van der Waals surface area (Å²) in [7, 11) is 0. The topological polar surface area (TPSA) is 71.3 Å². The number of halogens is 1. The minimum atomic E-state index is -0.457. The van der Waals surface area contributed by atoms with Gasteiger partial charge >= 0.3 is 0 Å². The number of benzene rings is 2. The van der Waals surface area contributed by atoms with Gasteiger partial charge in [-0.1, -0.05) is 52.2 Å². The van der Waals surface area contributed by atoms with Gasteiger partial charge in [0.2, 0.25) is 0 Å². The minimum Gasteiger partial charge on any atom is -0.490 e. The number of nitrogens with zero attached hydrogens (tertiary/aromatic N) is 1. The molecule has 0 saturated carbocycles. The van der Waals surface area contributed by atoms with Gasteiger partial charge in [-0.3, -0.25) is 4.79 Å². The Morgan fingerprint density at radius 1 is 1.28 bits per heavy atom. The van der Waals surface area contributed by atoms with E-state index >= 15 is 0 Å². The van der Waals surface area contributed by atoms with Crippen LogP contribution in [0.3, 0.4) is 0 Å². The molecule has 1 atom stereocenters. The van der Waals surface area contributed by atoms with Gasteiger partial charge in [-0.25, -0.2) is 0 Å². The maximum absolute atomic E-state index is 12.6. The van der Waals surface area contributed by atoms with Crippen LogP contribution in [-0.2, 0) is 4.79 Å². The molecule has 148 valence electrons. The lowest BCUT2D eigenvalue weighted by atomic mass is 10.1. The Kier molecular flexibility index (Phi) is 8.33. The van der Waals surface area contributed by atoms with Crippen LogP contribution in [0.5, 0.6) is 11.5 Å². The van der Waals surface area contributed by atoms with Gasteiger partial charge in [0, 0.05) is 4.47 Å². The number of hydrogen-bond acceptors (Lipinski definition) is 4. The predicted octanol–water partition coefficient (Wildman–Crippen LogP) is 4.64. The SMILES string of the molecule is C#CCOc1cc(Br)c(/C=C(/C#N)C(=O)N[C@H](C)c2ccccc2)cc1OCC. The molecule has 2 aromatic carbocycles. The third kappa shape index (κ3) is 6.14. The highest BCUT2D eigenvalue weighted by molar-refractivity contribution is 9.10. The van der Waals surface area contributed by atoms with E-state index in [1.165, 1.54) is 6.08 Å². The maximum Gasteiger partial charge on any atom is 0.262 e. The van der Waals surface area contributed by atoms with E-state index in [0.717, 1.165) is 5.56 Å². The van der Waals surface area contributed by atoms with Crippen LogP contribution < -0.4 is 14.8 Å². The fraction of sp³-hybridized carbons (Fsp3) is 0.217. The predicted molar refractivity (Wildman–Crippen MR) is 116 cm³/mol. The van der Waals surface area contributed by atoms with Crippen LogP contribution >= 0.6 is 15.9 Å². The van der Waals surface area contributed by atoms with Crippen molar-refractivity contribution in [2.75, 3.05) is 13.2 Å². The van der Waals surface area contributed by atoms with Gasteiger partial charge in [0.05, 0.1) is 12.6 Å². The Morgan fingerprint density at radius 2 is 1.97 bits per heavy atom.